The molecule has 0 saturated carbocycles. The Bertz CT molecular complexity index is 803. The molecular formula is C16H21N3O2. The number of piperidine rings is 1. The number of aromatic amines is 2. The van der Waals surface area contributed by atoms with Crippen molar-refractivity contribution < 1.29 is 0 Å². The molecule has 0 radical (unpaired) electrons. The van der Waals surface area contributed by atoms with Crippen LogP contribution in [0.1, 0.15) is 42.0 Å². The van der Waals surface area contributed by atoms with Crippen LogP contribution in [-0.4, -0.2) is 28.5 Å². The van der Waals surface area contributed by atoms with Gasteiger partial charge in [-0.25, -0.2) is 0 Å². The van der Waals surface area contributed by atoms with E-state index in [1.54, 1.807) is 0 Å². The van der Waals surface area contributed by atoms with Gasteiger partial charge in [-0.1, -0.05) is 6.42 Å². The number of nitrogens with one attached hydrogen (secondary N) is 2. The van der Waals surface area contributed by atoms with Crippen LogP contribution in [-0.2, 0) is 0 Å². The van der Waals surface area contributed by atoms with Crippen molar-refractivity contribution in [2.45, 2.75) is 39.2 Å². The van der Waals surface area contributed by atoms with E-state index >= 15 is 0 Å². The van der Waals surface area contributed by atoms with Crippen molar-refractivity contribution in [2.24, 2.45) is 0 Å². The molecule has 1 aromatic carbocycles. The van der Waals surface area contributed by atoms with Crippen molar-refractivity contribution in [3.8, 4) is 0 Å². The second-order valence-electron chi connectivity index (χ2n) is 6.06. The molecule has 112 valence electrons. The average molecular weight is 287 g/mol. The smallest absolute Gasteiger partial charge is 0.314 e. The summed E-state index contributed by atoms with van der Waals surface area (Å²) in [6, 6.07) is 2.23. The van der Waals surface area contributed by atoms with Crippen molar-refractivity contribution in [1.29, 1.82) is 0 Å². The number of aromatic nitrogens is 2. The lowest BCUT2D eigenvalue weighted by Gasteiger charge is -2.34. The maximum Gasteiger partial charge on any atom is 0.314 e. The number of benzene rings is 1. The number of likely N-dealkylation sites (tertiary alicyclic amines) is 1. The van der Waals surface area contributed by atoms with Gasteiger partial charge in [0.25, 0.3) is 0 Å². The lowest BCUT2D eigenvalue weighted by atomic mass is 9.89. The molecule has 21 heavy (non-hydrogen) atoms. The number of fused-ring (bicyclic) bond motifs is 1. The van der Waals surface area contributed by atoms with Crippen LogP contribution in [0.2, 0.25) is 0 Å². The topological polar surface area (TPSA) is 69.0 Å². The van der Waals surface area contributed by atoms with Crippen molar-refractivity contribution >= 4 is 11.0 Å². The first-order valence-corrected chi connectivity index (χ1v) is 7.45. The summed E-state index contributed by atoms with van der Waals surface area (Å²) in [4.78, 5) is 31.1. The van der Waals surface area contributed by atoms with Gasteiger partial charge in [0, 0.05) is 6.04 Å². The summed E-state index contributed by atoms with van der Waals surface area (Å²) >= 11 is 0. The second-order valence-corrected chi connectivity index (χ2v) is 6.06. The first kappa shape index (κ1) is 14.1. The number of hydrogen-bond acceptors (Lipinski definition) is 3. The number of H-pyrrole nitrogens is 2. The lowest BCUT2D eigenvalue weighted by molar-refractivity contribution is 0.188. The lowest BCUT2D eigenvalue weighted by Crippen LogP contribution is -2.33. The van der Waals surface area contributed by atoms with Gasteiger partial charge in [0.15, 0.2) is 0 Å². The van der Waals surface area contributed by atoms with Gasteiger partial charge in [-0.2, -0.15) is 0 Å². The minimum Gasteiger partial charge on any atom is -0.316 e. The molecule has 1 fully saturated rings. The van der Waals surface area contributed by atoms with E-state index < -0.39 is 11.1 Å². The molecule has 2 N–H and O–H groups in total. The van der Waals surface area contributed by atoms with Crippen molar-refractivity contribution in [3.05, 3.63) is 43.5 Å². The monoisotopic (exact) mass is 287 g/mol. The van der Waals surface area contributed by atoms with E-state index in [1.165, 1.54) is 18.4 Å². The Morgan fingerprint density at radius 1 is 1.14 bits per heavy atom. The fourth-order valence-electron chi connectivity index (χ4n) is 3.38. The molecule has 1 atom stereocenters. The van der Waals surface area contributed by atoms with E-state index in [9.17, 15) is 9.59 Å². The maximum atomic E-state index is 11.7. The summed E-state index contributed by atoms with van der Waals surface area (Å²) in [6.45, 7) is 5.20. The second kappa shape index (κ2) is 5.15. The summed E-state index contributed by atoms with van der Waals surface area (Å²) in [5, 5.41) is 0. The van der Waals surface area contributed by atoms with Crippen LogP contribution in [0.3, 0.4) is 0 Å². The molecular weight excluding hydrogens is 266 g/mol. The third kappa shape index (κ3) is 2.31. The van der Waals surface area contributed by atoms with Gasteiger partial charge in [-0.05, 0) is 63.0 Å². The molecule has 5 nitrogen and oxygen atoms in total. The van der Waals surface area contributed by atoms with Crippen molar-refractivity contribution in [3.63, 3.8) is 0 Å². The molecule has 5 heteroatoms. The Balaban J connectivity index is 2.33. The Labute approximate surface area is 123 Å². The van der Waals surface area contributed by atoms with Gasteiger partial charge in [0.2, 0.25) is 0 Å². The van der Waals surface area contributed by atoms with E-state index in [2.05, 4.69) is 28.8 Å². The van der Waals surface area contributed by atoms with Crippen LogP contribution in [0.5, 0.6) is 0 Å². The van der Waals surface area contributed by atoms with Crippen molar-refractivity contribution in [2.75, 3.05) is 13.6 Å². The summed E-state index contributed by atoms with van der Waals surface area (Å²) in [7, 11) is 2.13. The Kier molecular flexibility index (Phi) is 3.45. The van der Waals surface area contributed by atoms with E-state index in [-0.39, 0.29) is 0 Å². The molecule has 1 aliphatic heterocycles. The molecule has 0 bridgehead atoms. The first-order valence-electron chi connectivity index (χ1n) is 7.45. The van der Waals surface area contributed by atoms with Gasteiger partial charge in [-0.3, -0.25) is 14.5 Å². The summed E-state index contributed by atoms with van der Waals surface area (Å²) in [5.41, 5.74) is 3.82. The van der Waals surface area contributed by atoms with Crippen LogP contribution in [0.25, 0.3) is 11.0 Å². The Morgan fingerprint density at radius 2 is 1.86 bits per heavy atom. The highest BCUT2D eigenvalue weighted by Gasteiger charge is 2.25. The molecule has 2 heterocycles. The van der Waals surface area contributed by atoms with Crippen LogP contribution in [0.4, 0.5) is 0 Å². The molecule has 1 aromatic heterocycles. The van der Waals surface area contributed by atoms with Crippen LogP contribution < -0.4 is 11.1 Å². The van der Waals surface area contributed by atoms with E-state index in [0.29, 0.717) is 6.04 Å². The third-order valence-electron chi connectivity index (χ3n) is 4.69. The van der Waals surface area contributed by atoms with Crippen LogP contribution in [0, 0.1) is 13.8 Å². The summed E-state index contributed by atoms with van der Waals surface area (Å²) in [5.74, 6) is 0. The molecule has 1 saturated heterocycles. The predicted molar refractivity (Wildman–Crippen MR) is 83.9 cm³/mol. The zero-order valence-electron chi connectivity index (χ0n) is 12.7. The predicted octanol–water partition coefficient (Wildman–Crippen LogP) is 1.99. The van der Waals surface area contributed by atoms with Crippen molar-refractivity contribution in [1.82, 2.24) is 14.9 Å². The van der Waals surface area contributed by atoms with Gasteiger partial charge in [0.05, 0.1) is 11.0 Å². The zero-order valence-corrected chi connectivity index (χ0v) is 12.7. The molecule has 2 aromatic rings. The first-order chi connectivity index (χ1) is 9.99. The number of rotatable bonds is 1. The van der Waals surface area contributed by atoms with E-state index in [1.807, 2.05) is 13.0 Å². The van der Waals surface area contributed by atoms with Gasteiger partial charge in [0.1, 0.15) is 0 Å². The largest absolute Gasteiger partial charge is 0.316 e. The quantitative estimate of drug-likeness (QED) is 0.788. The number of hydrogen-bond donors (Lipinski definition) is 2. The molecule has 1 unspecified atom stereocenters. The van der Waals surface area contributed by atoms with Gasteiger partial charge >= 0.3 is 11.1 Å². The van der Waals surface area contributed by atoms with E-state index in [0.717, 1.165) is 35.1 Å². The maximum absolute atomic E-state index is 11.7. The Morgan fingerprint density at radius 3 is 2.57 bits per heavy atom. The molecule has 1 aliphatic rings. The minimum atomic E-state index is -0.589. The highest BCUT2D eigenvalue weighted by Crippen LogP contribution is 2.35. The molecule has 0 aliphatic carbocycles. The molecule has 0 amide bonds. The normalized spacial score (nSPS) is 20.0. The summed E-state index contributed by atoms with van der Waals surface area (Å²) in [6.07, 6.45) is 3.48. The summed E-state index contributed by atoms with van der Waals surface area (Å²) < 4.78 is 0. The number of nitrogens with zero attached hydrogens (tertiary/aromatic N) is 1. The number of aryl methyl sites for hydroxylation is 1. The Hall–Kier alpha value is -1.88. The van der Waals surface area contributed by atoms with E-state index in [4.69, 9.17) is 0 Å². The van der Waals surface area contributed by atoms with Gasteiger partial charge in [-0.15, -0.1) is 0 Å². The van der Waals surface area contributed by atoms with Crippen LogP contribution in [0.15, 0.2) is 15.7 Å². The fraction of sp³-hybridized carbons (Fsp3) is 0.500. The highest BCUT2D eigenvalue weighted by atomic mass is 16.2. The fourth-order valence-corrected chi connectivity index (χ4v) is 3.38. The SMILES string of the molecule is Cc1cc2[nH]c(=O)c(=O)[nH]c2c(C2CCCCN2C)c1C. The van der Waals surface area contributed by atoms with Crippen LogP contribution >= 0.6 is 0 Å². The zero-order chi connectivity index (χ0) is 15.1. The highest BCUT2D eigenvalue weighted by molar-refractivity contribution is 5.80. The standard InChI is InChI=1S/C16H21N3O2/c1-9-8-11-14(18-16(21)15(20)17-11)13(10(9)2)12-6-4-5-7-19(12)3/h8,12H,4-7H2,1-3H3,(H,17,20)(H,18,21). The third-order valence-corrected chi connectivity index (χ3v) is 4.69. The molecule has 0 spiro atoms. The average Bonchev–Trinajstić information content (AvgIpc) is 2.44. The molecule has 3 rings (SSSR count). The minimum absolute atomic E-state index is 0.294. The van der Waals surface area contributed by atoms with Gasteiger partial charge < -0.3 is 9.97 Å².